The maximum absolute atomic E-state index is 12.5. The Morgan fingerprint density at radius 3 is 2.86 bits per heavy atom. The van der Waals surface area contributed by atoms with E-state index in [0.29, 0.717) is 41.7 Å². The van der Waals surface area contributed by atoms with Gasteiger partial charge in [-0.1, -0.05) is 6.07 Å². The number of pyridine rings is 1. The summed E-state index contributed by atoms with van der Waals surface area (Å²) in [5.74, 6) is 0.0792. The van der Waals surface area contributed by atoms with Crippen LogP contribution in [0.15, 0.2) is 42.6 Å². The lowest BCUT2D eigenvalue weighted by Crippen LogP contribution is -2.28. The van der Waals surface area contributed by atoms with Gasteiger partial charge in [0.1, 0.15) is 11.5 Å². The number of hydrogen-bond donors (Lipinski definition) is 4. The van der Waals surface area contributed by atoms with Crippen molar-refractivity contribution in [3.05, 3.63) is 59.4 Å². The Kier molecular flexibility index (Phi) is 4.76. The highest BCUT2D eigenvalue weighted by Gasteiger charge is 2.26. The fraction of sp³-hybridized carbons (Fsp3) is 0.200. The zero-order chi connectivity index (χ0) is 19.5. The third-order valence-electron chi connectivity index (χ3n) is 4.59. The van der Waals surface area contributed by atoms with Crippen LogP contribution >= 0.6 is 0 Å². The van der Waals surface area contributed by atoms with Gasteiger partial charge in [-0.3, -0.25) is 14.4 Å². The Morgan fingerprint density at radius 2 is 2.04 bits per heavy atom. The van der Waals surface area contributed by atoms with Crippen LogP contribution in [0.25, 0.3) is 10.9 Å². The summed E-state index contributed by atoms with van der Waals surface area (Å²) in [7, 11) is 0. The lowest BCUT2D eigenvalue weighted by molar-refractivity contribution is 0.0944. The van der Waals surface area contributed by atoms with Crippen LogP contribution in [0.3, 0.4) is 0 Å². The van der Waals surface area contributed by atoms with Crippen molar-refractivity contribution in [2.75, 3.05) is 25.0 Å². The van der Waals surface area contributed by atoms with Gasteiger partial charge in [-0.2, -0.15) is 0 Å². The van der Waals surface area contributed by atoms with Crippen LogP contribution in [-0.2, 0) is 0 Å². The standard InChI is InChI=1S/C20H19N5O3/c26-15-6-8-23-20(28)18-17(15)13-11-12(4-5-14(13)25-18)19(27)24-10-9-22-16-3-1-2-7-21-16/h1-5,7,11,25H,6,8-10H2,(H,21,22)(H,23,28)(H,24,27). The zero-order valence-corrected chi connectivity index (χ0v) is 15.0. The van der Waals surface area contributed by atoms with Crippen molar-refractivity contribution in [1.29, 1.82) is 0 Å². The molecule has 8 heteroatoms. The number of fused-ring (bicyclic) bond motifs is 3. The van der Waals surface area contributed by atoms with Gasteiger partial charge in [0.2, 0.25) is 0 Å². The number of carbonyl (C=O) groups excluding carboxylic acids is 3. The number of hydrogen-bond acceptors (Lipinski definition) is 5. The third kappa shape index (κ3) is 3.44. The molecule has 142 valence electrons. The van der Waals surface area contributed by atoms with E-state index in [-0.39, 0.29) is 29.7 Å². The Balaban J connectivity index is 1.49. The SMILES string of the molecule is O=C(NCCNc1ccccn1)c1ccc2[nH]c3c(c2c1)C(=O)CCNC3=O. The number of benzene rings is 1. The molecule has 0 radical (unpaired) electrons. The molecule has 3 heterocycles. The quantitative estimate of drug-likeness (QED) is 0.505. The van der Waals surface area contributed by atoms with Gasteiger partial charge in [-0.05, 0) is 30.3 Å². The van der Waals surface area contributed by atoms with E-state index in [1.165, 1.54) is 0 Å². The van der Waals surface area contributed by atoms with E-state index in [9.17, 15) is 14.4 Å². The molecule has 1 aliphatic heterocycles. The molecule has 0 spiro atoms. The van der Waals surface area contributed by atoms with Crippen molar-refractivity contribution in [2.24, 2.45) is 0 Å². The third-order valence-corrected chi connectivity index (χ3v) is 4.59. The van der Waals surface area contributed by atoms with E-state index in [1.54, 1.807) is 24.4 Å². The van der Waals surface area contributed by atoms with Crippen molar-refractivity contribution >= 4 is 34.3 Å². The minimum absolute atomic E-state index is 0.114. The summed E-state index contributed by atoms with van der Waals surface area (Å²) in [6.45, 7) is 1.26. The van der Waals surface area contributed by atoms with E-state index in [4.69, 9.17) is 0 Å². The number of Topliss-reactive ketones (excluding diaryl/α,β-unsaturated/α-hetero) is 1. The lowest BCUT2D eigenvalue weighted by Gasteiger charge is -2.07. The molecule has 0 saturated heterocycles. The number of nitrogens with zero attached hydrogens (tertiary/aromatic N) is 1. The second kappa shape index (κ2) is 7.51. The summed E-state index contributed by atoms with van der Waals surface area (Å²) >= 11 is 0. The summed E-state index contributed by atoms with van der Waals surface area (Å²) < 4.78 is 0. The number of nitrogens with one attached hydrogen (secondary N) is 4. The molecule has 2 aromatic heterocycles. The van der Waals surface area contributed by atoms with E-state index in [1.807, 2.05) is 18.2 Å². The van der Waals surface area contributed by atoms with Crippen molar-refractivity contribution in [3.63, 3.8) is 0 Å². The van der Waals surface area contributed by atoms with E-state index in [0.717, 1.165) is 5.82 Å². The first-order valence-electron chi connectivity index (χ1n) is 9.04. The van der Waals surface area contributed by atoms with Gasteiger partial charge in [-0.25, -0.2) is 4.98 Å². The lowest BCUT2D eigenvalue weighted by atomic mass is 10.0. The average molecular weight is 377 g/mol. The van der Waals surface area contributed by atoms with Crippen LogP contribution in [0.5, 0.6) is 0 Å². The molecule has 0 fully saturated rings. The number of rotatable bonds is 5. The van der Waals surface area contributed by atoms with Crippen LogP contribution < -0.4 is 16.0 Å². The second-order valence-corrected chi connectivity index (χ2v) is 6.46. The highest BCUT2D eigenvalue weighted by atomic mass is 16.2. The summed E-state index contributed by atoms with van der Waals surface area (Å²) in [6, 6.07) is 10.6. The van der Waals surface area contributed by atoms with Crippen molar-refractivity contribution in [2.45, 2.75) is 6.42 Å². The van der Waals surface area contributed by atoms with Crippen LogP contribution in [0.1, 0.15) is 37.6 Å². The first-order valence-corrected chi connectivity index (χ1v) is 9.04. The molecule has 28 heavy (non-hydrogen) atoms. The average Bonchev–Trinajstić information content (AvgIpc) is 3.04. The zero-order valence-electron chi connectivity index (χ0n) is 15.0. The minimum Gasteiger partial charge on any atom is -0.368 e. The maximum Gasteiger partial charge on any atom is 0.268 e. The van der Waals surface area contributed by atoms with E-state index < -0.39 is 0 Å². The number of carbonyl (C=O) groups is 3. The fourth-order valence-electron chi connectivity index (χ4n) is 3.23. The van der Waals surface area contributed by atoms with Gasteiger partial charge in [0.05, 0.1) is 5.56 Å². The van der Waals surface area contributed by atoms with Crippen LogP contribution in [0.2, 0.25) is 0 Å². The molecule has 1 aromatic carbocycles. The predicted molar refractivity (Wildman–Crippen MR) is 105 cm³/mol. The molecule has 0 bridgehead atoms. The smallest absolute Gasteiger partial charge is 0.268 e. The van der Waals surface area contributed by atoms with Gasteiger partial charge < -0.3 is 20.9 Å². The molecule has 1 aliphatic rings. The summed E-state index contributed by atoms with van der Waals surface area (Å²) in [4.78, 5) is 44.2. The number of H-pyrrole nitrogens is 1. The van der Waals surface area contributed by atoms with E-state index in [2.05, 4.69) is 25.9 Å². The normalized spacial score (nSPS) is 13.6. The summed E-state index contributed by atoms with van der Waals surface area (Å²) in [6.07, 6.45) is 1.93. The van der Waals surface area contributed by atoms with Crippen molar-refractivity contribution in [3.8, 4) is 0 Å². The number of aromatic amines is 1. The molecule has 2 amide bonds. The van der Waals surface area contributed by atoms with Gasteiger partial charge in [0.15, 0.2) is 5.78 Å². The monoisotopic (exact) mass is 377 g/mol. The topological polar surface area (TPSA) is 116 Å². The maximum atomic E-state index is 12.5. The van der Waals surface area contributed by atoms with Crippen LogP contribution in [-0.4, -0.2) is 47.2 Å². The van der Waals surface area contributed by atoms with Crippen LogP contribution in [0, 0.1) is 0 Å². The molecular weight excluding hydrogens is 358 g/mol. The fourth-order valence-corrected chi connectivity index (χ4v) is 3.23. The molecule has 8 nitrogen and oxygen atoms in total. The van der Waals surface area contributed by atoms with Crippen LogP contribution in [0.4, 0.5) is 5.82 Å². The summed E-state index contributed by atoms with van der Waals surface area (Å²) in [5.41, 5.74) is 1.71. The second-order valence-electron chi connectivity index (χ2n) is 6.46. The molecule has 0 aliphatic carbocycles. The molecule has 0 saturated carbocycles. The molecule has 4 N–H and O–H groups in total. The first kappa shape index (κ1) is 17.7. The van der Waals surface area contributed by atoms with Crippen molar-refractivity contribution < 1.29 is 14.4 Å². The van der Waals surface area contributed by atoms with Gasteiger partial charge in [0, 0.05) is 48.7 Å². The van der Waals surface area contributed by atoms with Gasteiger partial charge in [-0.15, -0.1) is 0 Å². The van der Waals surface area contributed by atoms with E-state index >= 15 is 0 Å². The van der Waals surface area contributed by atoms with Crippen molar-refractivity contribution in [1.82, 2.24) is 20.6 Å². The van der Waals surface area contributed by atoms with Gasteiger partial charge >= 0.3 is 0 Å². The Morgan fingerprint density at radius 1 is 1.14 bits per heavy atom. The summed E-state index contributed by atoms with van der Waals surface area (Å²) in [5, 5.41) is 9.24. The molecule has 0 atom stereocenters. The van der Waals surface area contributed by atoms with Gasteiger partial charge in [0.25, 0.3) is 11.8 Å². The first-order chi connectivity index (χ1) is 13.6. The Bertz CT molecular complexity index is 1060. The molecule has 0 unspecified atom stereocenters. The Labute approximate surface area is 160 Å². The number of aromatic nitrogens is 2. The largest absolute Gasteiger partial charge is 0.368 e. The number of amides is 2. The Hall–Kier alpha value is -3.68. The number of anilines is 1. The number of ketones is 1. The molecular formula is C20H19N5O3. The minimum atomic E-state index is -0.302. The molecule has 4 rings (SSSR count). The highest BCUT2D eigenvalue weighted by Crippen LogP contribution is 2.26. The predicted octanol–water partition coefficient (Wildman–Crippen LogP) is 1.72. The highest BCUT2D eigenvalue weighted by molar-refractivity contribution is 6.18. The molecule has 3 aromatic rings.